The van der Waals surface area contributed by atoms with Crippen LogP contribution in [0.3, 0.4) is 0 Å². The molecule has 112 valence electrons. The summed E-state index contributed by atoms with van der Waals surface area (Å²) in [6.07, 6.45) is 3.28. The van der Waals surface area contributed by atoms with Crippen LogP contribution in [0.4, 0.5) is 4.39 Å². The van der Waals surface area contributed by atoms with E-state index in [4.69, 9.17) is 0 Å². The lowest BCUT2D eigenvalue weighted by Gasteiger charge is -2.14. The molecule has 1 aromatic heterocycles. The third-order valence-corrected chi connectivity index (χ3v) is 3.49. The van der Waals surface area contributed by atoms with Crippen LogP contribution in [-0.4, -0.2) is 16.5 Å². The minimum Gasteiger partial charge on any atom is -0.350 e. The smallest absolute Gasteiger partial charge is 0.256 e. The molecule has 21 heavy (non-hydrogen) atoms. The van der Waals surface area contributed by atoms with Crippen LogP contribution in [0.5, 0.6) is 0 Å². The lowest BCUT2D eigenvalue weighted by molar-refractivity contribution is 0.0936. The standard InChI is InChI=1S/C16H19FN2O2/c1-4-5-10(2)18-16(21)13-9-19(3)14-7-6-11(17)8-12(14)15(13)20/h6-10H,4-5H2,1-3H3,(H,18,21)/t10-/m0/s1. The first kappa shape index (κ1) is 15.2. The lowest BCUT2D eigenvalue weighted by Crippen LogP contribution is -2.35. The van der Waals surface area contributed by atoms with Crippen molar-refractivity contribution >= 4 is 16.8 Å². The Morgan fingerprint density at radius 2 is 2.14 bits per heavy atom. The third-order valence-electron chi connectivity index (χ3n) is 3.49. The summed E-state index contributed by atoms with van der Waals surface area (Å²) in [4.78, 5) is 24.6. The molecule has 0 spiro atoms. The molecule has 4 nitrogen and oxygen atoms in total. The van der Waals surface area contributed by atoms with Crippen molar-refractivity contribution in [2.45, 2.75) is 32.7 Å². The van der Waals surface area contributed by atoms with E-state index in [2.05, 4.69) is 5.32 Å². The molecule has 1 atom stereocenters. The highest BCUT2D eigenvalue weighted by atomic mass is 19.1. The molecule has 1 N–H and O–H groups in total. The van der Waals surface area contributed by atoms with Crippen LogP contribution in [0.1, 0.15) is 37.0 Å². The molecule has 0 saturated heterocycles. The molecular formula is C16H19FN2O2. The van der Waals surface area contributed by atoms with Gasteiger partial charge in [-0.2, -0.15) is 0 Å². The van der Waals surface area contributed by atoms with Crippen molar-refractivity contribution in [2.75, 3.05) is 0 Å². The summed E-state index contributed by atoms with van der Waals surface area (Å²) in [5.41, 5.74) is 0.196. The molecular weight excluding hydrogens is 271 g/mol. The fraction of sp³-hybridized carbons (Fsp3) is 0.375. The van der Waals surface area contributed by atoms with Gasteiger partial charge in [-0.3, -0.25) is 9.59 Å². The largest absolute Gasteiger partial charge is 0.350 e. The number of hydrogen-bond donors (Lipinski definition) is 1. The normalized spacial score (nSPS) is 12.4. The molecule has 0 aliphatic carbocycles. The number of carbonyl (C=O) groups excluding carboxylic acids is 1. The average Bonchev–Trinajstić information content (AvgIpc) is 2.42. The van der Waals surface area contributed by atoms with Gasteiger partial charge >= 0.3 is 0 Å². The number of fused-ring (bicyclic) bond motifs is 1. The van der Waals surface area contributed by atoms with E-state index >= 15 is 0 Å². The highest BCUT2D eigenvalue weighted by Crippen LogP contribution is 2.12. The van der Waals surface area contributed by atoms with Gasteiger partial charge in [0.25, 0.3) is 5.91 Å². The molecule has 0 unspecified atom stereocenters. The third kappa shape index (κ3) is 3.12. The Labute approximate surface area is 122 Å². The van der Waals surface area contributed by atoms with Crippen molar-refractivity contribution in [3.05, 3.63) is 46.0 Å². The Bertz CT molecular complexity index is 737. The summed E-state index contributed by atoms with van der Waals surface area (Å²) in [6, 6.07) is 4.00. The van der Waals surface area contributed by atoms with E-state index in [9.17, 15) is 14.0 Å². The van der Waals surface area contributed by atoms with Crippen molar-refractivity contribution < 1.29 is 9.18 Å². The summed E-state index contributed by atoms with van der Waals surface area (Å²) in [6.45, 7) is 3.92. The minimum atomic E-state index is -0.489. The summed E-state index contributed by atoms with van der Waals surface area (Å²) in [5.74, 6) is -0.903. The van der Waals surface area contributed by atoms with Crippen LogP contribution >= 0.6 is 0 Å². The molecule has 1 aromatic carbocycles. The lowest BCUT2D eigenvalue weighted by atomic mass is 10.1. The van der Waals surface area contributed by atoms with Crippen molar-refractivity contribution in [3.63, 3.8) is 0 Å². The van der Waals surface area contributed by atoms with Gasteiger partial charge in [-0.1, -0.05) is 13.3 Å². The fourth-order valence-corrected chi connectivity index (χ4v) is 2.43. The van der Waals surface area contributed by atoms with Gasteiger partial charge in [0, 0.05) is 24.7 Å². The molecule has 0 aliphatic rings. The molecule has 1 heterocycles. The van der Waals surface area contributed by atoms with E-state index in [1.165, 1.54) is 24.4 Å². The van der Waals surface area contributed by atoms with Gasteiger partial charge in [-0.25, -0.2) is 4.39 Å². The number of hydrogen-bond acceptors (Lipinski definition) is 2. The zero-order valence-electron chi connectivity index (χ0n) is 12.4. The predicted molar refractivity (Wildman–Crippen MR) is 81.0 cm³/mol. The van der Waals surface area contributed by atoms with E-state index in [0.717, 1.165) is 12.8 Å². The first-order chi connectivity index (χ1) is 9.93. The van der Waals surface area contributed by atoms with Gasteiger partial charge in [0.05, 0.1) is 5.52 Å². The van der Waals surface area contributed by atoms with Gasteiger partial charge in [-0.05, 0) is 31.5 Å². The van der Waals surface area contributed by atoms with Crippen molar-refractivity contribution in [3.8, 4) is 0 Å². The molecule has 0 bridgehead atoms. The number of rotatable bonds is 4. The molecule has 0 saturated carbocycles. The number of aryl methyl sites for hydroxylation is 1. The van der Waals surface area contributed by atoms with Gasteiger partial charge in [-0.15, -0.1) is 0 Å². The van der Waals surface area contributed by atoms with Crippen molar-refractivity contribution in [2.24, 2.45) is 7.05 Å². The first-order valence-corrected chi connectivity index (χ1v) is 7.03. The zero-order valence-corrected chi connectivity index (χ0v) is 12.4. The van der Waals surface area contributed by atoms with Crippen molar-refractivity contribution in [1.29, 1.82) is 0 Å². The Kier molecular flexibility index (Phi) is 4.40. The maximum atomic E-state index is 13.3. The second kappa shape index (κ2) is 6.08. The number of halogens is 1. The van der Waals surface area contributed by atoms with E-state index in [0.29, 0.717) is 5.52 Å². The second-order valence-corrected chi connectivity index (χ2v) is 5.31. The van der Waals surface area contributed by atoms with Gasteiger partial charge in [0.2, 0.25) is 5.43 Å². The van der Waals surface area contributed by atoms with Gasteiger partial charge in [0.15, 0.2) is 0 Å². The van der Waals surface area contributed by atoms with Crippen LogP contribution in [0.2, 0.25) is 0 Å². The molecule has 0 radical (unpaired) electrons. The summed E-state index contributed by atoms with van der Waals surface area (Å²) in [5, 5.41) is 3.01. The van der Waals surface area contributed by atoms with Crippen LogP contribution < -0.4 is 10.7 Å². The number of amides is 1. The SMILES string of the molecule is CCC[C@H](C)NC(=O)c1cn(C)c2ccc(F)cc2c1=O. The van der Waals surface area contributed by atoms with Crippen LogP contribution in [0, 0.1) is 5.82 Å². The van der Waals surface area contributed by atoms with Crippen LogP contribution in [0.15, 0.2) is 29.2 Å². The van der Waals surface area contributed by atoms with Crippen LogP contribution in [0.25, 0.3) is 10.9 Å². The highest BCUT2D eigenvalue weighted by molar-refractivity contribution is 5.97. The maximum Gasteiger partial charge on any atom is 0.256 e. The summed E-state index contributed by atoms with van der Waals surface area (Å²) < 4.78 is 15.0. The fourth-order valence-electron chi connectivity index (χ4n) is 2.43. The number of nitrogens with zero attached hydrogens (tertiary/aromatic N) is 1. The molecule has 0 aliphatic heterocycles. The van der Waals surface area contributed by atoms with Gasteiger partial charge in [0.1, 0.15) is 11.4 Å². The Hall–Kier alpha value is -2.17. The maximum absolute atomic E-state index is 13.3. The Morgan fingerprint density at radius 1 is 1.43 bits per heavy atom. The van der Waals surface area contributed by atoms with E-state index in [1.54, 1.807) is 11.6 Å². The quantitative estimate of drug-likeness (QED) is 0.941. The van der Waals surface area contributed by atoms with E-state index < -0.39 is 17.2 Å². The number of pyridine rings is 1. The number of aromatic nitrogens is 1. The zero-order chi connectivity index (χ0) is 15.6. The molecule has 2 rings (SSSR count). The Morgan fingerprint density at radius 3 is 2.81 bits per heavy atom. The molecule has 1 amide bonds. The molecule has 0 fully saturated rings. The summed E-state index contributed by atoms with van der Waals surface area (Å²) in [7, 11) is 1.73. The topological polar surface area (TPSA) is 51.1 Å². The Balaban J connectivity index is 2.48. The van der Waals surface area contributed by atoms with Crippen LogP contribution in [-0.2, 0) is 7.05 Å². The number of benzene rings is 1. The van der Waals surface area contributed by atoms with E-state index in [1.807, 2.05) is 13.8 Å². The molecule has 2 aromatic rings. The predicted octanol–water partition coefficient (Wildman–Crippen LogP) is 2.60. The van der Waals surface area contributed by atoms with E-state index in [-0.39, 0.29) is 17.0 Å². The second-order valence-electron chi connectivity index (χ2n) is 5.31. The number of nitrogens with one attached hydrogen (secondary N) is 1. The monoisotopic (exact) mass is 290 g/mol. The minimum absolute atomic E-state index is 0.00425. The van der Waals surface area contributed by atoms with Crippen molar-refractivity contribution in [1.82, 2.24) is 9.88 Å². The summed E-state index contributed by atoms with van der Waals surface area (Å²) >= 11 is 0. The highest BCUT2D eigenvalue weighted by Gasteiger charge is 2.16. The molecule has 5 heteroatoms. The number of carbonyl (C=O) groups is 1. The van der Waals surface area contributed by atoms with Gasteiger partial charge < -0.3 is 9.88 Å². The average molecular weight is 290 g/mol. The first-order valence-electron chi connectivity index (χ1n) is 7.03.